The zero-order valence-corrected chi connectivity index (χ0v) is 20.6. The molecule has 2 N–H and O–H groups in total. The Bertz CT molecular complexity index is 1170. The number of piperidine rings is 1. The molecule has 3 rings (SSSR count). The van der Waals surface area contributed by atoms with Gasteiger partial charge in [0.15, 0.2) is 0 Å². The van der Waals surface area contributed by atoms with E-state index in [1.807, 2.05) is 13.8 Å². The number of amides is 1. The molecule has 1 fully saturated rings. The molecule has 10 heteroatoms. The Hall–Kier alpha value is -2.27. The topological polar surface area (TPSA) is 113 Å². The zero-order chi connectivity index (χ0) is 24.1. The first-order valence-corrected chi connectivity index (χ1v) is 14.0. The smallest absolute Gasteiger partial charge is 0.243 e. The lowest BCUT2D eigenvalue weighted by atomic mass is 9.97. The number of benzene rings is 2. The van der Waals surface area contributed by atoms with Gasteiger partial charge in [-0.1, -0.05) is 37.1 Å². The average molecular weight is 494 g/mol. The van der Waals surface area contributed by atoms with Crippen molar-refractivity contribution in [1.82, 2.24) is 9.03 Å². The molecule has 1 aliphatic rings. The molecule has 1 aliphatic heterocycles. The Kier molecular flexibility index (Phi) is 8.28. The molecule has 0 spiro atoms. The summed E-state index contributed by atoms with van der Waals surface area (Å²) in [6, 6.07) is 12.9. The number of aryl methyl sites for hydroxylation is 1. The Morgan fingerprint density at radius 3 is 2.30 bits per heavy atom. The normalized spacial score (nSPS) is 15.9. The van der Waals surface area contributed by atoms with E-state index in [1.54, 1.807) is 36.4 Å². The highest BCUT2D eigenvalue weighted by atomic mass is 32.2. The number of carbonyl (C=O) groups excluding carboxylic acids is 1. The van der Waals surface area contributed by atoms with Crippen molar-refractivity contribution in [2.75, 3.05) is 25.0 Å². The van der Waals surface area contributed by atoms with Gasteiger partial charge in [0.2, 0.25) is 26.0 Å². The van der Waals surface area contributed by atoms with Gasteiger partial charge in [-0.3, -0.25) is 4.79 Å². The van der Waals surface area contributed by atoms with Gasteiger partial charge in [0.1, 0.15) is 0 Å². The molecule has 2 aromatic carbocycles. The zero-order valence-electron chi connectivity index (χ0n) is 19.0. The largest absolute Gasteiger partial charge is 0.326 e. The van der Waals surface area contributed by atoms with Gasteiger partial charge in [-0.25, -0.2) is 21.6 Å². The number of rotatable bonds is 9. The Morgan fingerprint density at radius 2 is 1.67 bits per heavy atom. The first-order chi connectivity index (χ1) is 15.6. The van der Waals surface area contributed by atoms with E-state index in [0.29, 0.717) is 25.1 Å². The SMILES string of the molecule is CCCCNS(=O)(=O)c1cccc(NC(=O)C2CCN(S(=O)(=O)c3ccc(C)cc3)CC2)c1. The molecule has 180 valence electrons. The van der Waals surface area contributed by atoms with E-state index in [0.717, 1.165) is 18.4 Å². The number of sulfonamides is 2. The molecule has 0 atom stereocenters. The number of hydrogen-bond donors (Lipinski definition) is 2. The predicted molar refractivity (Wildman–Crippen MR) is 128 cm³/mol. The van der Waals surface area contributed by atoms with Gasteiger partial charge in [0.25, 0.3) is 0 Å². The number of unbranched alkanes of at least 4 members (excludes halogenated alkanes) is 1. The second-order valence-corrected chi connectivity index (χ2v) is 12.0. The molecule has 8 nitrogen and oxygen atoms in total. The lowest BCUT2D eigenvalue weighted by molar-refractivity contribution is -0.120. The molecule has 0 saturated carbocycles. The van der Waals surface area contributed by atoms with Crippen LogP contribution in [0, 0.1) is 12.8 Å². The molecule has 1 amide bonds. The Morgan fingerprint density at radius 1 is 1.00 bits per heavy atom. The summed E-state index contributed by atoms with van der Waals surface area (Å²) in [5.41, 5.74) is 1.38. The van der Waals surface area contributed by atoms with Crippen LogP contribution in [0.25, 0.3) is 0 Å². The fourth-order valence-corrected chi connectivity index (χ4v) is 6.26. The van der Waals surface area contributed by atoms with Gasteiger partial charge in [0, 0.05) is 31.2 Å². The van der Waals surface area contributed by atoms with Crippen molar-refractivity contribution < 1.29 is 21.6 Å². The fourth-order valence-electron chi connectivity index (χ4n) is 3.67. The third kappa shape index (κ3) is 6.41. The number of nitrogens with one attached hydrogen (secondary N) is 2. The lowest BCUT2D eigenvalue weighted by Gasteiger charge is -2.30. The van der Waals surface area contributed by atoms with Gasteiger partial charge >= 0.3 is 0 Å². The van der Waals surface area contributed by atoms with E-state index < -0.39 is 20.0 Å². The van der Waals surface area contributed by atoms with Gasteiger partial charge in [-0.05, 0) is 56.5 Å². The molecule has 0 aromatic heterocycles. The summed E-state index contributed by atoms with van der Waals surface area (Å²) < 4.78 is 54.5. The van der Waals surface area contributed by atoms with Crippen LogP contribution in [0.3, 0.4) is 0 Å². The Labute approximate surface area is 196 Å². The van der Waals surface area contributed by atoms with E-state index in [9.17, 15) is 21.6 Å². The van der Waals surface area contributed by atoms with E-state index in [4.69, 9.17) is 0 Å². The van der Waals surface area contributed by atoms with Crippen molar-refractivity contribution in [2.45, 2.75) is 49.3 Å². The molecule has 0 unspecified atom stereocenters. The molecular formula is C23H31N3O5S2. The number of anilines is 1. The van der Waals surface area contributed by atoms with Gasteiger partial charge in [-0.15, -0.1) is 0 Å². The standard InChI is InChI=1S/C23H31N3O5S2/c1-3-4-14-24-32(28,29)22-7-5-6-20(17-22)25-23(27)19-12-15-26(16-13-19)33(30,31)21-10-8-18(2)9-11-21/h5-11,17,19,24H,3-4,12-16H2,1-2H3,(H,25,27). The first-order valence-electron chi connectivity index (χ1n) is 11.1. The highest BCUT2D eigenvalue weighted by molar-refractivity contribution is 7.89. The van der Waals surface area contributed by atoms with E-state index >= 15 is 0 Å². The maximum Gasteiger partial charge on any atom is 0.243 e. The van der Waals surface area contributed by atoms with Crippen LogP contribution >= 0.6 is 0 Å². The van der Waals surface area contributed by atoms with Crippen LogP contribution in [-0.2, 0) is 24.8 Å². The van der Waals surface area contributed by atoms with E-state index in [2.05, 4.69) is 10.0 Å². The lowest BCUT2D eigenvalue weighted by Crippen LogP contribution is -2.41. The van der Waals surface area contributed by atoms with Crippen molar-refractivity contribution in [2.24, 2.45) is 5.92 Å². The minimum Gasteiger partial charge on any atom is -0.326 e. The van der Waals surface area contributed by atoms with E-state index in [-0.39, 0.29) is 34.7 Å². The third-order valence-electron chi connectivity index (χ3n) is 5.72. The first kappa shape index (κ1) is 25.4. The molecule has 0 aliphatic carbocycles. The number of carbonyl (C=O) groups is 1. The molecule has 0 radical (unpaired) electrons. The van der Waals surface area contributed by atoms with Gasteiger partial charge in [0.05, 0.1) is 9.79 Å². The van der Waals surface area contributed by atoms with Crippen LogP contribution in [0.5, 0.6) is 0 Å². The summed E-state index contributed by atoms with van der Waals surface area (Å²) in [7, 11) is -7.23. The summed E-state index contributed by atoms with van der Waals surface area (Å²) in [5.74, 6) is -0.590. The van der Waals surface area contributed by atoms with Crippen molar-refractivity contribution in [3.63, 3.8) is 0 Å². The molecule has 33 heavy (non-hydrogen) atoms. The minimum absolute atomic E-state index is 0.0930. The molecule has 1 saturated heterocycles. The Balaban J connectivity index is 1.60. The predicted octanol–water partition coefficient (Wildman–Crippen LogP) is 3.11. The second-order valence-electron chi connectivity index (χ2n) is 8.26. The maximum absolute atomic E-state index is 12.9. The molecule has 0 bridgehead atoms. The van der Waals surface area contributed by atoms with Crippen LogP contribution in [0.4, 0.5) is 5.69 Å². The van der Waals surface area contributed by atoms with Crippen LogP contribution in [-0.4, -0.2) is 46.7 Å². The average Bonchev–Trinajstić information content (AvgIpc) is 2.80. The van der Waals surface area contributed by atoms with Crippen molar-refractivity contribution in [3.05, 3.63) is 54.1 Å². The summed E-state index contributed by atoms with van der Waals surface area (Å²) in [6.45, 7) is 4.75. The minimum atomic E-state index is -3.64. The third-order valence-corrected chi connectivity index (χ3v) is 9.09. The van der Waals surface area contributed by atoms with E-state index in [1.165, 1.54) is 16.4 Å². The molecule has 1 heterocycles. The maximum atomic E-state index is 12.9. The fraction of sp³-hybridized carbons (Fsp3) is 0.435. The summed E-state index contributed by atoms with van der Waals surface area (Å²) in [4.78, 5) is 13.1. The molecule has 2 aromatic rings. The highest BCUT2D eigenvalue weighted by Crippen LogP contribution is 2.25. The highest BCUT2D eigenvalue weighted by Gasteiger charge is 2.32. The summed E-state index contributed by atoms with van der Waals surface area (Å²) in [5, 5.41) is 2.78. The van der Waals surface area contributed by atoms with Crippen LogP contribution in [0.1, 0.15) is 38.2 Å². The second kappa shape index (κ2) is 10.8. The van der Waals surface area contributed by atoms with Crippen LogP contribution in [0.2, 0.25) is 0 Å². The summed E-state index contributed by atoms with van der Waals surface area (Å²) in [6.07, 6.45) is 2.42. The van der Waals surface area contributed by atoms with Gasteiger partial charge < -0.3 is 5.32 Å². The van der Waals surface area contributed by atoms with Crippen molar-refractivity contribution in [1.29, 1.82) is 0 Å². The van der Waals surface area contributed by atoms with Gasteiger partial charge in [-0.2, -0.15) is 4.31 Å². The summed E-state index contributed by atoms with van der Waals surface area (Å²) >= 11 is 0. The monoisotopic (exact) mass is 493 g/mol. The number of hydrogen-bond acceptors (Lipinski definition) is 5. The van der Waals surface area contributed by atoms with Crippen LogP contribution in [0.15, 0.2) is 58.3 Å². The van der Waals surface area contributed by atoms with Crippen molar-refractivity contribution in [3.8, 4) is 0 Å². The number of nitrogens with zero attached hydrogens (tertiary/aromatic N) is 1. The quantitative estimate of drug-likeness (QED) is 0.521. The van der Waals surface area contributed by atoms with Crippen LogP contribution < -0.4 is 10.0 Å². The van der Waals surface area contributed by atoms with Crippen molar-refractivity contribution >= 4 is 31.6 Å². The molecular weight excluding hydrogens is 462 g/mol.